The molecule has 1 saturated carbocycles. The number of nitrogens with two attached hydrogens (primary N) is 1. The fourth-order valence-electron chi connectivity index (χ4n) is 2.16. The van der Waals surface area contributed by atoms with Gasteiger partial charge < -0.3 is 5.73 Å². The van der Waals surface area contributed by atoms with Crippen LogP contribution in [0.3, 0.4) is 0 Å². The van der Waals surface area contributed by atoms with Gasteiger partial charge in [-0.2, -0.15) is 0 Å². The Kier molecular flexibility index (Phi) is 2.31. The predicted molar refractivity (Wildman–Crippen MR) is 55.4 cm³/mol. The van der Waals surface area contributed by atoms with Gasteiger partial charge in [-0.1, -0.05) is 19.1 Å². The van der Waals surface area contributed by atoms with E-state index in [1.165, 1.54) is 24.1 Å². The smallest absolute Gasteiger partial charge is 0.123 e. The Balaban J connectivity index is 2.02. The molecule has 1 aromatic rings. The van der Waals surface area contributed by atoms with Crippen molar-refractivity contribution >= 4 is 0 Å². The van der Waals surface area contributed by atoms with E-state index >= 15 is 0 Å². The monoisotopic (exact) mass is 193 g/mol. The normalized spacial score (nSPS) is 30.4. The molecule has 2 rings (SSSR count). The van der Waals surface area contributed by atoms with Gasteiger partial charge in [0.05, 0.1) is 0 Å². The molecule has 0 saturated heterocycles. The van der Waals surface area contributed by atoms with Gasteiger partial charge >= 0.3 is 0 Å². The van der Waals surface area contributed by atoms with Gasteiger partial charge in [0.15, 0.2) is 0 Å². The minimum atomic E-state index is -0.162. The van der Waals surface area contributed by atoms with Crippen molar-refractivity contribution in [2.24, 2.45) is 17.1 Å². The second-order valence-electron chi connectivity index (χ2n) is 4.59. The van der Waals surface area contributed by atoms with Crippen LogP contribution in [0.5, 0.6) is 0 Å². The van der Waals surface area contributed by atoms with Crippen LogP contribution in [0.25, 0.3) is 0 Å². The zero-order valence-electron chi connectivity index (χ0n) is 8.46. The van der Waals surface area contributed by atoms with E-state index in [1.54, 1.807) is 0 Å². The molecule has 0 amide bonds. The van der Waals surface area contributed by atoms with Crippen molar-refractivity contribution in [1.82, 2.24) is 0 Å². The first-order valence-electron chi connectivity index (χ1n) is 5.08. The van der Waals surface area contributed by atoms with E-state index < -0.39 is 0 Å². The van der Waals surface area contributed by atoms with Crippen molar-refractivity contribution < 1.29 is 4.39 Å². The van der Waals surface area contributed by atoms with Crippen molar-refractivity contribution in [3.8, 4) is 0 Å². The van der Waals surface area contributed by atoms with Gasteiger partial charge in [0, 0.05) is 0 Å². The molecule has 0 aromatic heterocycles. The molecule has 0 radical (unpaired) electrons. The van der Waals surface area contributed by atoms with Crippen molar-refractivity contribution in [1.29, 1.82) is 0 Å². The summed E-state index contributed by atoms with van der Waals surface area (Å²) >= 11 is 0. The van der Waals surface area contributed by atoms with Gasteiger partial charge in [-0.05, 0) is 48.4 Å². The van der Waals surface area contributed by atoms with Crippen LogP contribution in [0.4, 0.5) is 4.39 Å². The summed E-state index contributed by atoms with van der Waals surface area (Å²) in [5.74, 6) is 0.498. The molecule has 2 N–H and O–H groups in total. The Morgan fingerprint density at radius 2 is 2.07 bits per heavy atom. The first-order valence-corrected chi connectivity index (χ1v) is 5.08. The van der Waals surface area contributed by atoms with Crippen LogP contribution >= 0.6 is 0 Å². The average Bonchev–Trinajstić information content (AvgIpc) is 2.81. The van der Waals surface area contributed by atoms with Gasteiger partial charge in [0.1, 0.15) is 5.82 Å². The van der Waals surface area contributed by atoms with Gasteiger partial charge in [0.2, 0.25) is 0 Å². The van der Waals surface area contributed by atoms with Gasteiger partial charge in [-0.25, -0.2) is 4.39 Å². The van der Waals surface area contributed by atoms with Crippen molar-refractivity contribution in [3.63, 3.8) is 0 Å². The Labute approximate surface area is 84.1 Å². The van der Waals surface area contributed by atoms with Crippen LogP contribution in [-0.2, 0) is 6.42 Å². The molecule has 1 nitrogen and oxygen atoms in total. The second-order valence-corrected chi connectivity index (χ2v) is 4.59. The lowest BCUT2D eigenvalue weighted by atomic mass is 9.96. The summed E-state index contributed by atoms with van der Waals surface area (Å²) in [6, 6.07) is 6.79. The molecule has 1 fully saturated rings. The maximum absolute atomic E-state index is 12.7. The summed E-state index contributed by atoms with van der Waals surface area (Å²) in [5, 5.41) is 0. The Morgan fingerprint density at radius 3 is 2.57 bits per heavy atom. The minimum absolute atomic E-state index is 0.162. The maximum atomic E-state index is 12.7. The zero-order chi connectivity index (χ0) is 10.2. The molecule has 2 atom stereocenters. The summed E-state index contributed by atoms with van der Waals surface area (Å²) in [4.78, 5) is 0. The third-order valence-corrected chi connectivity index (χ3v) is 3.34. The fourth-order valence-corrected chi connectivity index (χ4v) is 2.16. The first-order chi connectivity index (χ1) is 6.64. The highest BCUT2D eigenvalue weighted by Crippen LogP contribution is 2.53. The summed E-state index contributed by atoms with van der Waals surface area (Å²) in [7, 11) is 0. The number of hydrogen-bond donors (Lipinski definition) is 1. The Hall–Kier alpha value is -0.890. The number of hydrogen-bond acceptors (Lipinski definition) is 1. The highest BCUT2D eigenvalue weighted by molar-refractivity contribution is 5.20. The fraction of sp³-hybridized carbons (Fsp3) is 0.500. The molecule has 2 heteroatoms. The summed E-state index contributed by atoms with van der Waals surface area (Å²) in [6.07, 6.45) is 2.23. The molecule has 1 aliphatic rings. The maximum Gasteiger partial charge on any atom is 0.123 e. The lowest BCUT2D eigenvalue weighted by Gasteiger charge is -2.10. The molecule has 0 heterocycles. The molecule has 0 aliphatic heterocycles. The highest BCUT2D eigenvalue weighted by atomic mass is 19.1. The van der Waals surface area contributed by atoms with Crippen LogP contribution in [0.1, 0.15) is 18.9 Å². The molecule has 0 bridgehead atoms. The molecule has 0 spiro atoms. The van der Waals surface area contributed by atoms with E-state index in [4.69, 9.17) is 5.73 Å². The van der Waals surface area contributed by atoms with Crippen molar-refractivity contribution in [2.75, 3.05) is 6.54 Å². The SMILES string of the molecule is CC1(Cc2ccc(F)cc2)CC1CN. The molecule has 14 heavy (non-hydrogen) atoms. The number of benzene rings is 1. The van der Waals surface area contributed by atoms with Crippen molar-refractivity contribution in [3.05, 3.63) is 35.6 Å². The predicted octanol–water partition coefficient (Wildman–Crippen LogP) is 2.35. The van der Waals surface area contributed by atoms with Crippen LogP contribution in [0, 0.1) is 17.2 Å². The summed E-state index contributed by atoms with van der Waals surface area (Å²) in [5.41, 5.74) is 7.21. The zero-order valence-corrected chi connectivity index (χ0v) is 8.46. The quantitative estimate of drug-likeness (QED) is 0.783. The largest absolute Gasteiger partial charge is 0.330 e. The van der Waals surface area contributed by atoms with Crippen LogP contribution in [0.15, 0.2) is 24.3 Å². The molecule has 1 aliphatic carbocycles. The Bertz CT molecular complexity index is 320. The number of rotatable bonds is 3. The van der Waals surface area contributed by atoms with E-state index in [-0.39, 0.29) is 5.82 Å². The van der Waals surface area contributed by atoms with E-state index in [1.807, 2.05) is 12.1 Å². The third kappa shape index (κ3) is 1.80. The van der Waals surface area contributed by atoms with Crippen LogP contribution in [-0.4, -0.2) is 6.54 Å². The molecular weight excluding hydrogens is 177 g/mol. The highest BCUT2D eigenvalue weighted by Gasteiger charge is 2.48. The van der Waals surface area contributed by atoms with Crippen molar-refractivity contribution in [2.45, 2.75) is 19.8 Å². The van der Waals surface area contributed by atoms with Gasteiger partial charge in [0.25, 0.3) is 0 Å². The second kappa shape index (κ2) is 3.35. The lowest BCUT2D eigenvalue weighted by Crippen LogP contribution is -2.10. The van der Waals surface area contributed by atoms with Crippen LogP contribution < -0.4 is 5.73 Å². The van der Waals surface area contributed by atoms with E-state index in [9.17, 15) is 4.39 Å². The lowest BCUT2D eigenvalue weighted by molar-refractivity contribution is 0.503. The van der Waals surface area contributed by atoms with E-state index in [0.717, 1.165) is 13.0 Å². The molecular formula is C12H16FN. The van der Waals surface area contributed by atoms with Crippen LogP contribution in [0.2, 0.25) is 0 Å². The standard InChI is InChI=1S/C12H16FN/c1-12(7-10(12)8-14)6-9-2-4-11(13)5-3-9/h2-5,10H,6-8,14H2,1H3. The Morgan fingerprint density at radius 1 is 1.43 bits per heavy atom. The third-order valence-electron chi connectivity index (χ3n) is 3.34. The number of halogens is 1. The molecule has 76 valence electrons. The summed E-state index contributed by atoms with van der Waals surface area (Å²) in [6.45, 7) is 3.03. The molecule has 1 aromatic carbocycles. The molecule has 2 unspecified atom stereocenters. The average molecular weight is 193 g/mol. The minimum Gasteiger partial charge on any atom is -0.330 e. The topological polar surface area (TPSA) is 26.0 Å². The van der Waals surface area contributed by atoms with E-state index in [2.05, 4.69) is 6.92 Å². The summed E-state index contributed by atoms with van der Waals surface area (Å²) < 4.78 is 12.7. The van der Waals surface area contributed by atoms with E-state index in [0.29, 0.717) is 11.3 Å². The van der Waals surface area contributed by atoms with Gasteiger partial charge in [-0.15, -0.1) is 0 Å². The first kappa shape index (κ1) is 9.66. The van der Waals surface area contributed by atoms with Gasteiger partial charge in [-0.3, -0.25) is 0 Å².